The molecule has 0 aliphatic carbocycles. The molecule has 0 radical (unpaired) electrons. The molecule has 1 aromatic heterocycles. The molecule has 0 bridgehead atoms. The summed E-state index contributed by atoms with van der Waals surface area (Å²) in [5, 5.41) is 15.8. The van der Waals surface area contributed by atoms with E-state index in [0.717, 1.165) is 28.9 Å². The van der Waals surface area contributed by atoms with Gasteiger partial charge in [0.05, 0.1) is 21.9 Å². The summed E-state index contributed by atoms with van der Waals surface area (Å²) in [7, 11) is 0. The Hall–Kier alpha value is -4.67. The standard InChI is InChI=1S/C29H26F3N5O3/c1-19-6-7-20(2)26(16-19)36-27(18-25(33-36)21-8-10-23(11-9-21)37(39)40)28(38)35-14-12-34(13-15-35)24-5-3-4-22(17-24)29(30,31)32/h3-11,16-18H,12-15H2,1-2H3. The number of nitro benzene ring substituents is 1. The number of benzene rings is 3. The lowest BCUT2D eigenvalue weighted by atomic mass is 10.1. The van der Waals surface area contributed by atoms with Crippen LogP contribution in [-0.2, 0) is 6.18 Å². The number of hydrogen-bond acceptors (Lipinski definition) is 5. The first-order valence-corrected chi connectivity index (χ1v) is 12.7. The highest BCUT2D eigenvalue weighted by molar-refractivity contribution is 5.94. The van der Waals surface area contributed by atoms with Crippen LogP contribution in [0.1, 0.15) is 27.2 Å². The maximum Gasteiger partial charge on any atom is 0.416 e. The van der Waals surface area contributed by atoms with Crippen LogP contribution in [0.2, 0.25) is 0 Å². The van der Waals surface area contributed by atoms with Crippen molar-refractivity contribution in [2.45, 2.75) is 20.0 Å². The lowest BCUT2D eigenvalue weighted by molar-refractivity contribution is -0.384. The number of rotatable bonds is 5. The summed E-state index contributed by atoms with van der Waals surface area (Å²) in [6.07, 6.45) is -4.43. The van der Waals surface area contributed by atoms with Crippen molar-refractivity contribution in [1.82, 2.24) is 14.7 Å². The van der Waals surface area contributed by atoms with Gasteiger partial charge < -0.3 is 9.80 Å². The molecule has 2 heterocycles. The van der Waals surface area contributed by atoms with Gasteiger partial charge in [-0.25, -0.2) is 4.68 Å². The molecule has 4 aromatic rings. The SMILES string of the molecule is Cc1ccc(C)c(-n2nc(-c3ccc([N+](=O)[O-])cc3)cc2C(=O)N2CCN(c3cccc(C(F)(F)F)c3)CC2)c1. The molecule has 1 aliphatic rings. The number of halogens is 3. The van der Waals surface area contributed by atoms with E-state index in [1.165, 1.54) is 18.2 Å². The number of aryl methyl sites for hydroxylation is 2. The van der Waals surface area contributed by atoms with E-state index in [4.69, 9.17) is 5.10 Å². The second-order valence-corrected chi connectivity index (χ2v) is 9.75. The molecular formula is C29H26F3N5O3. The summed E-state index contributed by atoms with van der Waals surface area (Å²) in [5.74, 6) is -0.259. The number of carbonyl (C=O) groups is 1. The molecule has 0 unspecified atom stereocenters. The van der Waals surface area contributed by atoms with Gasteiger partial charge in [0.15, 0.2) is 0 Å². The third kappa shape index (κ3) is 5.40. The van der Waals surface area contributed by atoms with E-state index in [0.29, 0.717) is 48.8 Å². The highest BCUT2D eigenvalue weighted by Crippen LogP contribution is 2.32. The van der Waals surface area contributed by atoms with Crippen LogP contribution in [0, 0.1) is 24.0 Å². The number of hydrogen-bond donors (Lipinski definition) is 0. The van der Waals surface area contributed by atoms with E-state index in [9.17, 15) is 28.1 Å². The molecule has 8 nitrogen and oxygen atoms in total. The zero-order valence-corrected chi connectivity index (χ0v) is 21.9. The van der Waals surface area contributed by atoms with Crippen LogP contribution in [0.4, 0.5) is 24.5 Å². The Morgan fingerprint density at radius 3 is 2.27 bits per heavy atom. The third-order valence-electron chi connectivity index (χ3n) is 7.00. The van der Waals surface area contributed by atoms with Crippen molar-refractivity contribution < 1.29 is 22.9 Å². The van der Waals surface area contributed by atoms with Gasteiger partial charge in [0.1, 0.15) is 5.69 Å². The lowest BCUT2D eigenvalue weighted by Crippen LogP contribution is -2.49. The Morgan fingerprint density at radius 2 is 1.62 bits per heavy atom. The largest absolute Gasteiger partial charge is 0.416 e. The number of amides is 1. The van der Waals surface area contributed by atoms with Crippen molar-refractivity contribution in [2.24, 2.45) is 0 Å². The van der Waals surface area contributed by atoms with E-state index in [2.05, 4.69) is 0 Å². The molecule has 1 fully saturated rings. The van der Waals surface area contributed by atoms with Crippen LogP contribution < -0.4 is 4.90 Å². The Morgan fingerprint density at radius 1 is 0.925 bits per heavy atom. The minimum absolute atomic E-state index is 0.0485. The Balaban J connectivity index is 1.44. The summed E-state index contributed by atoms with van der Waals surface area (Å²) in [5.41, 5.74) is 3.78. The zero-order valence-electron chi connectivity index (χ0n) is 21.9. The van der Waals surface area contributed by atoms with Gasteiger partial charge >= 0.3 is 6.18 Å². The maximum absolute atomic E-state index is 13.8. The predicted octanol–water partition coefficient (Wildman–Crippen LogP) is 6.05. The fourth-order valence-electron chi connectivity index (χ4n) is 4.77. The molecule has 0 atom stereocenters. The Labute approximate surface area is 228 Å². The number of carbonyl (C=O) groups excluding carboxylic acids is 1. The molecule has 1 aliphatic heterocycles. The number of non-ortho nitro benzene ring substituents is 1. The number of nitrogens with zero attached hydrogens (tertiary/aromatic N) is 5. The maximum atomic E-state index is 13.8. The summed E-state index contributed by atoms with van der Waals surface area (Å²) in [6, 6.07) is 18.7. The smallest absolute Gasteiger partial charge is 0.368 e. The quantitative estimate of drug-likeness (QED) is 0.224. The number of anilines is 1. The summed E-state index contributed by atoms with van der Waals surface area (Å²) < 4.78 is 41.2. The minimum Gasteiger partial charge on any atom is -0.368 e. The summed E-state index contributed by atoms with van der Waals surface area (Å²) in [6.45, 7) is 5.25. The highest BCUT2D eigenvalue weighted by Gasteiger charge is 2.32. The first-order valence-electron chi connectivity index (χ1n) is 12.7. The van der Waals surface area contributed by atoms with Crippen LogP contribution in [0.25, 0.3) is 16.9 Å². The second-order valence-electron chi connectivity index (χ2n) is 9.75. The number of piperazine rings is 1. The van der Waals surface area contributed by atoms with Gasteiger partial charge in [0, 0.05) is 49.6 Å². The molecule has 5 rings (SSSR count). The Bertz CT molecular complexity index is 1570. The van der Waals surface area contributed by atoms with Crippen LogP contribution in [0.15, 0.2) is 72.8 Å². The number of nitro groups is 1. The highest BCUT2D eigenvalue weighted by atomic mass is 19.4. The van der Waals surface area contributed by atoms with Crippen molar-refractivity contribution in [3.63, 3.8) is 0 Å². The van der Waals surface area contributed by atoms with Crippen molar-refractivity contribution >= 4 is 17.3 Å². The molecule has 0 spiro atoms. The van der Waals surface area contributed by atoms with Gasteiger partial charge in [-0.2, -0.15) is 18.3 Å². The fraction of sp³-hybridized carbons (Fsp3) is 0.241. The molecule has 11 heteroatoms. The molecule has 0 N–H and O–H groups in total. The van der Waals surface area contributed by atoms with Crippen molar-refractivity contribution in [3.8, 4) is 16.9 Å². The number of alkyl halides is 3. The van der Waals surface area contributed by atoms with Crippen LogP contribution in [0.5, 0.6) is 0 Å². The van der Waals surface area contributed by atoms with Crippen molar-refractivity contribution in [1.29, 1.82) is 0 Å². The van der Waals surface area contributed by atoms with Gasteiger partial charge in [-0.15, -0.1) is 0 Å². The summed E-state index contributed by atoms with van der Waals surface area (Å²) in [4.78, 5) is 27.9. The van der Waals surface area contributed by atoms with E-state index >= 15 is 0 Å². The van der Waals surface area contributed by atoms with Gasteiger partial charge in [-0.1, -0.05) is 18.2 Å². The fourth-order valence-corrected chi connectivity index (χ4v) is 4.77. The molecule has 40 heavy (non-hydrogen) atoms. The van der Waals surface area contributed by atoms with Gasteiger partial charge in [0.25, 0.3) is 11.6 Å². The normalized spacial score (nSPS) is 13.9. The monoisotopic (exact) mass is 549 g/mol. The average Bonchev–Trinajstić information content (AvgIpc) is 3.39. The minimum atomic E-state index is -4.43. The number of aromatic nitrogens is 2. The van der Waals surface area contributed by atoms with Crippen molar-refractivity contribution in [3.05, 3.63) is 105 Å². The lowest BCUT2D eigenvalue weighted by Gasteiger charge is -2.36. The van der Waals surface area contributed by atoms with Crippen LogP contribution >= 0.6 is 0 Å². The van der Waals surface area contributed by atoms with Gasteiger partial charge in [-0.3, -0.25) is 14.9 Å². The zero-order chi connectivity index (χ0) is 28.6. The Kier molecular flexibility index (Phi) is 7.05. The molecule has 206 valence electrons. The molecule has 3 aromatic carbocycles. The molecule has 1 saturated heterocycles. The summed E-state index contributed by atoms with van der Waals surface area (Å²) >= 11 is 0. The van der Waals surface area contributed by atoms with E-state index < -0.39 is 16.7 Å². The van der Waals surface area contributed by atoms with E-state index in [-0.39, 0.29) is 11.6 Å². The molecular weight excluding hydrogens is 523 g/mol. The van der Waals surface area contributed by atoms with Gasteiger partial charge in [0.2, 0.25) is 0 Å². The third-order valence-corrected chi connectivity index (χ3v) is 7.00. The van der Waals surface area contributed by atoms with Crippen molar-refractivity contribution in [2.75, 3.05) is 31.1 Å². The van der Waals surface area contributed by atoms with Crippen LogP contribution in [0.3, 0.4) is 0 Å². The second kappa shape index (κ2) is 10.5. The first kappa shape index (κ1) is 26.9. The van der Waals surface area contributed by atoms with Gasteiger partial charge in [-0.05, 0) is 67.4 Å². The molecule has 1 amide bonds. The van der Waals surface area contributed by atoms with E-state index in [1.807, 2.05) is 36.9 Å². The van der Waals surface area contributed by atoms with E-state index in [1.54, 1.807) is 33.8 Å². The topological polar surface area (TPSA) is 84.5 Å². The average molecular weight is 550 g/mol. The predicted molar refractivity (Wildman–Crippen MR) is 145 cm³/mol. The first-order chi connectivity index (χ1) is 19.0. The van der Waals surface area contributed by atoms with Crippen LogP contribution in [-0.4, -0.2) is 51.7 Å². The molecule has 0 saturated carbocycles.